The van der Waals surface area contributed by atoms with E-state index in [0.29, 0.717) is 0 Å². The van der Waals surface area contributed by atoms with E-state index >= 15 is 0 Å². The van der Waals surface area contributed by atoms with Crippen molar-refractivity contribution in [1.29, 1.82) is 0 Å². The average molecular weight is 267 g/mol. The van der Waals surface area contributed by atoms with E-state index in [1.165, 1.54) is 17.5 Å². The second-order valence-corrected chi connectivity index (χ2v) is 5.02. The summed E-state index contributed by atoms with van der Waals surface area (Å²) in [6.07, 6.45) is 6.67. The molecule has 0 N–H and O–H groups in total. The van der Waals surface area contributed by atoms with Crippen LogP contribution in [0.25, 0.3) is 6.08 Å². The van der Waals surface area contributed by atoms with Gasteiger partial charge < -0.3 is 0 Å². The summed E-state index contributed by atoms with van der Waals surface area (Å²) < 4.78 is 0. The summed E-state index contributed by atoms with van der Waals surface area (Å²) in [5.41, 5.74) is 2.75. The number of hydrogen-bond acceptors (Lipinski definition) is 0. The zero-order chi connectivity index (χ0) is 11.1. The lowest BCUT2D eigenvalue weighted by Gasteiger charge is -2.05. The van der Waals surface area contributed by atoms with Gasteiger partial charge in [-0.05, 0) is 29.9 Å². The average Bonchev–Trinajstić information content (AvgIpc) is 2.18. The summed E-state index contributed by atoms with van der Waals surface area (Å²) in [6.45, 7) is 4.51. The first kappa shape index (κ1) is 12.5. The molecule has 0 aliphatic rings. The Kier molecular flexibility index (Phi) is 5.70. The Morgan fingerprint density at radius 1 is 1.33 bits per heavy atom. The largest absolute Gasteiger partial charge is 0.0925 e. The lowest BCUT2D eigenvalue weighted by Crippen LogP contribution is -1.93. The van der Waals surface area contributed by atoms with Crippen LogP contribution < -0.4 is 0 Å². The highest BCUT2D eigenvalue weighted by Crippen LogP contribution is 2.12. The van der Waals surface area contributed by atoms with E-state index in [1.807, 2.05) is 0 Å². The third-order valence-electron chi connectivity index (χ3n) is 2.18. The van der Waals surface area contributed by atoms with Crippen molar-refractivity contribution >= 4 is 22.0 Å². The SMILES string of the molecule is CC(C)Cc1cccc(/C=C/CCBr)c1. The summed E-state index contributed by atoms with van der Waals surface area (Å²) in [5.74, 6) is 0.728. The molecule has 82 valence electrons. The van der Waals surface area contributed by atoms with E-state index in [-0.39, 0.29) is 0 Å². The maximum atomic E-state index is 3.42. The van der Waals surface area contributed by atoms with Gasteiger partial charge in [0.15, 0.2) is 0 Å². The fraction of sp³-hybridized carbons (Fsp3) is 0.429. The molecule has 0 saturated carbocycles. The predicted molar refractivity (Wildman–Crippen MR) is 72.4 cm³/mol. The number of halogens is 1. The highest BCUT2D eigenvalue weighted by atomic mass is 79.9. The first-order valence-corrected chi connectivity index (χ1v) is 6.66. The highest BCUT2D eigenvalue weighted by molar-refractivity contribution is 9.09. The van der Waals surface area contributed by atoms with Crippen molar-refractivity contribution in [3.63, 3.8) is 0 Å². The van der Waals surface area contributed by atoms with Crippen LogP contribution in [0.3, 0.4) is 0 Å². The molecule has 0 aromatic heterocycles. The molecule has 1 aromatic carbocycles. The number of allylic oxidation sites excluding steroid dienone is 1. The summed E-state index contributed by atoms with van der Waals surface area (Å²) in [4.78, 5) is 0. The molecule has 0 nitrogen and oxygen atoms in total. The molecule has 0 aliphatic heterocycles. The number of hydrogen-bond donors (Lipinski definition) is 0. The lowest BCUT2D eigenvalue weighted by molar-refractivity contribution is 0.647. The van der Waals surface area contributed by atoms with E-state index < -0.39 is 0 Å². The fourth-order valence-electron chi connectivity index (χ4n) is 1.58. The number of alkyl halides is 1. The van der Waals surface area contributed by atoms with Crippen LogP contribution >= 0.6 is 15.9 Å². The second kappa shape index (κ2) is 6.84. The van der Waals surface area contributed by atoms with Crippen LogP contribution in [0.2, 0.25) is 0 Å². The summed E-state index contributed by atoms with van der Waals surface area (Å²) in [7, 11) is 0. The van der Waals surface area contributed by atoms with Gasteiger partial charge in [0.05, 0.1) is 0 Å². The lowest BCUT2D eigenvalue weighted by atomic mass is 10.0. The smallest absolute Gasteiger partial charge is 0.00660 e. The van der Waals surface area contributed by atoms with Crippen molar-refractivity contribution in [2.75, 3.05) is 5.33 Å². The van der Waals surface area contributed by atoms with Gasteiger partial charge in [0.1, 0.15) is 0 Å². The van der Waals surface area contributed by atoms with Crippen molar-refractivity contribution < 1.29 is 0 Å². The first-order chi connectivity index (χ1) is 7.22. The van der Waals surface area contributed by atoms with Gasteiger partial charge in [-0.25, -0.2) is 0 Å². The molecular weight excluding hydrogens is 248 g/mol. The first-order valence-electron chi connectivity index (χ1n) is 5.54. The molecule has 15 heavy (non-hydrogen) atoms. The third-order valence-corrected chi connectivity index (χ3v) is 2.64. The van der Waals surface area contributed by atoms with Crippen LogP contribution in [-0.2, 0) is 6.42 Å². The van der Waals surface area contributed by atoms with E-state index in [1.54, 1.807) is 0 Å². The molecule has 1 heteroatoms. The van der Waals surface area contributed by atoms with Crippen LogP contribution in [0.15, 0.2) is 30.3 Å². The molecule has 0 fully saturated rings. The fourth-order valence-corrected chi connectivity index (χ4v) is 1.84. The van der Waals surface area contributed by atoms with Crippen molar-refractivity contribution in [2.45, 2.75) is 26.7 Å². The molecule has 0 heterocycles. The quantitative estimate of drug-likeness (QED) is 0.679. The molecule has 0 atom stereocenters. The van der Waals surface area contributed by atoms with E-state index in [0.717, 1.165) is 17.7 Å². The van der Waals surface area contributed by atoms with Gasteiger partial charge in [-0.3, -0.25) is 0 Å². The van der Waals surface area contributed by atoms with Crippen molar-refractivity contribution in [2.24, 2.45) is 5.92 Å². The maximum absolute atomic E-state index is 3.42. The van der Waals surface area contributed by atoms with Gasteiger partial charge in [-0.2, -0.15) is 0 Å². The summed E-state index contributed by atoms with van der Waals surface area (Å²) in [6, 6.07) is 8.80. The standard InChI is InChI=1S/C14H19Br/c1-12(2)10-14-8-5-7-13(11-14)6-3-4-9-15/h3,5-8,11-12H,4,9-10H2,1-2H3/b6-3+. The molecule has 0 unspecified atom stereocenters. The van der Waals surface area contributed by atoms with Gasteiger partial charge in [-0.15, -0.1) is 0 Å². The Bertz CT molecular complexity index is 313. The molecule has 0 bridgehead atoms. The van der Waals surface area contributed by atoms with Crippen LogP contribution in [0.4, 0.5) is 0 Å². The Balaban J connectivity index is 2.65. The van der Waals surface area contributed by atoms with Gasteiger partial charge in [0, 0.05) is 5.33 Å². The molecule has 0 amide bonds. The second-order valence-electron chi connectivity index (χ2n) is 4.22. The van der Waals surface area contributed by atoms with E-state index in [9.17, 15) is 0 Å². The monoisotopic (exact) mass is 266 g/mol. The molecule has 0 spiro atoms. The predicted octanol–water partition coefficient (Wildman–Crippen LogP) is 4.68. The topological polar surface area (TPSA) is 0 Å². The van der Waals surface area contributed by atoms with Crippen molar-refractivity contribution in [3.8, 4) is 0 Å². The molecular formula is C14H19Br. The minimum Gasteiger partial charge on any atom is -0.0925 e. The van der Waals surface area contributed by atoms with Crippen molar-refractivity contribution in [1.82, 2.24) is 0 Å². The number of benzene rings is 1. The molecule has 0 radical (unpaired) electrons. The van der Waals surface area contributed by atoms with Crippen LogP contribution in [-0.4, -0.2) is 5.33 Å². The molecule has 0 saturated heterocycles. The van der Waals surface area contributed by atoms with Crippen LogP contribution in [0.1, 0.15) is 31.4 Å². The maximum Gasteiger partial charge on any atom is 0.00660 e. The zero-order valence-electron chi connectivity index (χ0n) is 9.54. The summed E-state index contributed by atoms with van der Waals surface area (Å²) in [5, 5.41) is 1.04. The van der Waals surface area contributed by atoms with Crippen LogP contribution in [0, 0.1) is 5.92 Å². The van der Waals surface area contributed by atoms with E-state index in [4.69, 9.17) is 0 Å². The highest BCUT2D eigenvalue weighted by Gasteiger charge is 1.97. The van der Waals surface area contributed by atoms with Crippen LogP contribution in [0.5, 0.6) is 0 Å². The minimum absolute atomic E-state index is 0.728. The Morgan fingerprint density at radius 2 is 2.13 bits per heavy atom. The summed E-state index contributed by atoms with van der Waals surface area (Å²) >= 11 is 3.42. The third kappa shape index (κ3) is 5.17. The Hall–Kier alpha value is -0.560. The molecule has 1 rings (SSSR count). The van der Waals surface area contributed by atoms with Gasteiger partial charge >= 0.3 is 0 Å². The zero-order valence-corrected chi connectivity index (χ0v) is 11.1. The Morgan fingerprint density at radius 3 is 2.80 bits per heavy atom. The van der Waals surface area contributed by atoms with Gasteiger partial charge in [0.2, 0.25) is 0 Å². The number of rotatable bonds is 5. The Labute approximate surface area is 102 Å². The molecule has 1 aromatic rings. The van der Waals surface area contributed by atoms with Crippen molar-refractivity contribution in [3.05, 3.63) is 41.5 Å². The molecule has 0 aliphatic carbocycles. The van der Waals surface area contributed by atoms with E-state index in [2.05, 4.69) is 66.2 Å². The van der Waals surface area contributed by atoms with Gasteiger partial charge in [0.25, 0.3) is 0 Å². The normalized spacial score (nSPS) is 11.5. The van der Waals surface area contributed by atoms with Gasteiger partial charge in [-0.1, -0.05) is 66.2 Å². The minimum atomic E-state index is 0.728.